The zero-order valence-corrected chi connectivity index (χ0v) is 14.2. The molecule has 0 atom stereocenters. The highest BCUT2D eigenvalue weighted by atomic mass is 16.5. The van der Waals surface area contributed by atoms with E-state index in [0.29, 0.717) is 0 Å². The molecule has 0 aliphatic heterocycles. The first-order valence-electron chi connectivity index (χ1n) is 8.13. The van der Waals surface area contributed by atoms with Gasteiger partial charge in [0.15, 0.2) is 0 Å². The molecule has 128 valence electrons. The van der Waals surface area contributed by atoms with Gasteiger partial charge < -0.3 is 19.9 Å². The quantitative estimate of drug-likeness (QED) is 0.717. The molecule has 0 unspecified atom stereocenters. The average Bonchev–Trinajstić information content (AvgIpc) is 3.12. The van der Waals surface area contributed by atoms with E-state index >= 15 is 0 Å². The lowest BCUT2D eigenvalue weighted by Gasteiger charge is -2.14. The molecule has 0 saturated carbocycles. The molecule has 25 heavy (non-hydrogen) atoms. The van der Waals surface area contributed by atoms with E-state index in [1.807, 2.05) is 59.5 Å². The Morgan fingerprint density at radius 3 is 2.24 bits per heavy atom. The third-order valence-electron chi connectivity index (χ3n) is 3.78. The maximum Gasteiger partial charge on any atom is 0.127 e. The van der Waals surface area contributed by atoms with Crippen LogP contribution in [0.25, 0.3) is 0 Å². The Hall–Kier alpha value is -3.21. The zero-order chi connectivity index (χ0) is 17.5. The van der Waals surface area contributed by atoms with Crippen LogP contribution in [0.2, 0.25) is 0 Å². The fourth-order valence-electron chi connectivity index (χ4n) is 2.54. The van der Waals surface area contributed by atoms with E-state index in [1.54, 1.807) is 6.20 Å². The predicted octanol–water partition coefficient (Wildman–Crippen LogP) is 3.59. The summed E-state index contributed by atoms with van der Waals surface area (Å²) in [6.07, 6.45) is 8.92. The van der Waals surface area contributed by atoms with Crippen LogP contribution in [0, 0.1) is 0 Å². The second kappa shape index (κ2) is 8.06. The molecule has 2 N–H and O–H groups in total. The third kappa shape index (κ3) is 4.88. The number of rotatable bonds is 7. The number of ether oxygens (including phenoxy) is 1. The van der Waals surface area contributed by atoms with Gasteiger partial charge in [0.25, 0.3) is 0 Å². The van der Waals surface area contributed by atoms with Crippen LogP contribution in [-0.4, -0.2) is 21.5 Å². The molecule has 0 bridgehead atoms. The van der Waals surface area contributed by atoms with Crippen LogP contribution in [0.4, 0.5) is 0 Å². The van der Waals surface area contributed by atoms with Crippen LogP contribution in [0.15, 0.2) is 79.7 Å². The smallest absolute Gasteiger partial charge is 0.127 e. The summed E-state index contributed by atoms with van der Waals surface area (Å²) >= 11 is 0. The van der Waals surface area contributed by atoms with Crippen molar-refractivity contribution in [2.75, 3.05) is 7.05 Å². The maximum atomic E-state index is 5.91. The maximum absolute atomic E-state index is 5.91. The van der Waals surface area contributed by atoms with E-state index in [2.05, 4.69) is 29.2 Å². The third-order valence-corrected chi connectivity index (χ3v) is 3.78. The van der Waals surface area contributed by atoms with Crippen molar-refractivity contribution in [3.8, 4) is 11.5 Å². The molecule has 5 heteroatoms. The monoisotopic (exact) mass is 334 g/mol. The summed E-state index contributed by atoms with van der Waals surface area (Å²) in [5, 5.41) is 0. The van der Waals surface area contributed by atoms with Gasteiger partial charge in [-0.1, -0.05) is 24.3 Å². The molecule has 0 saturated heterocycles. The van der Waals surface area contributed by atoms with Gasteiger partial charge in [-0.05, 0) is 35.4 Å². The van der Waals surface area contributed by atoms with E-state index < -0.39 is 0 Å². The molecular formula is C20H22N4O. The van der Waals surface area contributed by atoms with Crippen molar-refractivity contribution in [1.29, 1.82) is 0 Å². The summed E-state index contributed by atoms with van der Waals surface area (Å²) in [4.78, 5) is 6.07. The summed E-state index contributed by atoms with van der Waals surface area (Å²) < 4.78 is 7.94. The minimum atomic E-state index is 0.803. The fraction of sp³-hybridized carbons (Fsp3) is 0.150. The van der Waals surface area contributed by atoms with Gasteiger partial charge in [0.2, 0.25) is 0 Å². The number of hydrogen-bond donors (Lipinski definition) is 1. The second-order valence-electron chi connectivity index (χ2n) is 5.88. The first-order valence-corrected chi connectivity index (χ1v) is 8.13. The lowest BCUT2D eigenvalue weighted by molar-refractivity contribution is 0.448. The molecule has 2 aromatic carbocycles. The summed E-state index contributed by atoms with van der Waals surface area (Å²) in [5.74, 6) is 1.65. The van der Waals surface area contributed by atoms with Crippen molar-refractivity contribution in [2.24, 2.45) is 5.73 Å². The van der Waals surface area contributed by atoms with Gasteiger partial charge in [0, 0.05) is 44.9 Å². The van der Waals surface area contributed by atoms with E-state index in [9.17, 15) is 0 Å². The Morgan fingerprint density at radius 2 is 1.68 bits per heavy atom. The lowest BCUT2D eigenvalue weighted by atomic mass is 10.2. The van der Waals surface area contributed by atoms with Crippen LogP contribution < -0.4 is 10.5 Å². The molecule has 1 aromatic heterocycles. The van der Waals surface area contributed by atoms with Gasteiger partial charge in [-0.2, -0.15) is 0 Å². The minimum Gasteiger partial charge on any atom is -0.457 e. The molecule has 1 heterocycles. The van der Waals surface area contributed by atoms with Crippen molar-refractivity contribution in [1.82, 2.24) is 14.5 Å². The molecule has 3 rings (SSSR count). The fourth-order valence-corrected chi connectivity index (χ4v) is 2.54. The molecular weight excluding hydrogens is 312 g/mol. The van der Waals surface area contributed by atoms with E-state index in [0.717, 1.165) is 24.6 Å². The summed E-state index contributed by atoms with van der Waals surface area (Å²) in [5.41, 5.74) is 7.80. The predicted molar refractivity (Wildman–Crippen MR) is 99.1 cm³/mol. The van der Waals surface area contributed by atoms with Crippen LogP contribution in [0.3, 0.4) is 0 Å². The van der Waals surface area contributed by atoms with Crippen LogP contribution in [0.1, 0.15) is 11.1 Å². The highest BCUT2D eigenvalue weighted by Crippen LogP contribution is 2.22. The van der Waals surface area contributed by atoms with E-state index in [4.69, 9.17) is 10.5 Å². The van der Waals surface area contributed by atoms with Crippen molar-refractivity contribution in [3.05, 3.63) is 90.8 Å². The second-order valence-corrected chi connectivity index (χ2v) is 5.88. The van der Waals surface area contributed by atoms with E-state index in [1.165, 1.54) is 17.3 Å². The highest BCUT2D eigenvalue weighted by Gasteiger charge is 2.01. The van der Waals surface area contributed by atoms with Gasteiger partial charge in [-0.15, -0.1) is 0 Å². The highest BCUT2D eigenvalue weighted by molar-refractivity contribution is 5.34. The van der Waals surface area contributed by atoms with Crippen molar-refractivity contribution in [3.63, 3.8) is 0 Å². The first-order chi connectivity index (χ1) is 12.2. The van der Waals surface area contributed by atoms with Gasteiger partial charge in [0.05, 0.1) is 6.33 Å². The molecule has 0 aliphatic rings. The number of imidazole rings is 1. The summed E-state index contributed by atoms with van der Waals surface area (Å²) in [6.45, 7) is 1.61. The SMILES string of the molecule is CN(/C=C\N)Cc1ccc(Oc2ccc(Cn3ccnc3)cc2)cc1. The van der Waals surface area contributed by atoms with Crippen molar-refractivity contribution >= 4 is 0 Å². The Morgan fingerprint density at radius 1 is 1.04 bits per heavy atom. The number of nitrogens with two attached hydrogens (primary N) is 1. The Bertz CT molecular complexity index is 793. The number of nitrogens with zero attached hydrogens (tertiary/aromatic N) is 3. The average molecular weight is 334 g/mol. The minimum absolute atomic E-state index is 0.803. The standard InChI is InChI=1S/C20H22N4O/c1-23(12-10-21)14-17-2-6-19(7-3-17)25-20-8-4-18(5-9-20)15-24-13-11-22-16-24/h2-13,16H,14-15,21H2,1H3/b12-10-. The normalized spacial score (nSPS) is 10.9. The first kappa shape index (κ1) is 16.6. The Labute approximate surface area is 148 Å². The number of aromatic nitrogens is 2. The lowest BCUT2D eigenvalue weighted by Crippen LogP contribution is -2.10. The van der Waals surface area contributed by atoms with Crippen LogP contribution >= 0.6 is 0 Å². The number of benzene rings is 2. The molecule has 0 radical (unpaired) electrons. The number of hydrogen-bond acceptors (Lipinski definition) is 4. The Kier molecular flexibility index (Phi) is 5.36. The summed E-state index contributed by atoms with van der Waals surface area (Å²) in [6, 6.07) is 16.2. The topological polar surface area (TPSA) is 56.3 Å². The van der Waals surface area contributed by atoms with Gasteiger partial charge in [-0.25, -0.2) is 4.98 Å². The molecule has 0 spiro atoms. The molecule has 0 amide bonds. The zero-order valence-electron chi connectivity index (χ0n) is 14.2. The van der Waals surface area contributed by atoms with E-state index in [-0.39, 0.29) is 0 Å². The molecule has 0 aliphatic carbocycles. The van der Waals surface area contributed by atoms with Crippen molar-refractivity contribution in [2.45, 2.75) is 13.1 Å². The Balaban J connectivity index is 1.58. The molecule has 3 aromatic rings. The van der Waals surface area contributed by atoms with Gasteiger partial charge >= 0.3 is 0 Å². The van der Waals surface area contributed by atoms with Crippen LogP contribution in [0.5, 0.6) is 11.5 Å². The van der Waals surface area contributed by atoms with Crippen molar-refractivity contribution < 1.29 is 4.74 Å². The molecule has 5 nitrogen and oxygen atoms in total. The van der Waals surface area contributed by atoms with Crippen LogP contribution in [-0.2, 0) is 13.1 Å². The van der Waals surface area contributed by atoms with Gasteiger partial charge in [-0.3, -0.25) is 0 Å². The largest absolute Gasteiger partial charge is 0.457 e. The molecule has 0 fully saturated rings. The summed E-state index contributed by atoms with van der Waals surface area (Å²) in [7, 11) is 1.99. The van der Waals surface area contributed by atoms with Gasteiger partial charge in [0.1, 0.15) is 11.5 Å².